The van der Waals surface area contributed by atoms with Crippen LogP contribution in [0.3, 0.4) is 0 Å². The summed E-state index contributed by atoms with van der Waals surface area (Å²) in [5.74, 6) is -0.257. The number of nitrogens with one attached hydrogen (secondary N) is 2. The smallest absolute Gasteiger partial charge is 0.343 e. The number of hydrazine groups is 1. The molecule has 0 bridgehead atoms. The SMILES string of the molecule is CCOc1cc(/C=C2/SC(=S)N(NC(=O)Nc3ccc(Cl)c(Cl)c3)C2=O)cc(I)c1OCC(=O)OC. The molecule has 2 aromatic rings. The number of thioether (sulfide) groups is 1. The summed E-state index contributed by atoms with van der Waals surface area (Å²) in [7, 11) is 1.27. The van der Waals surface area contributed by atoms with Gasteiger partial charge in [0.05, 0.1) is 32.2 Å². The molecule has 2 N–H and O–H groups in total. The van der Waals surface area contributed by atoms with Crippen LogP contribution < -0.4 is 20.2 Å². The molecule has 3 rings (SSSR count). The monoisotopic (exact) mass is 681 g/mol. The summed E-state index contributed by atoms with van der Waals surface area (Å²) in [6.07, 6.45) is 1.62. The number of esters is 1. The highest BCUT2D eigenvalue weighted by Gasteiger charge is 2.34. The number of methoxy groups -OCH3 is 1. The summed E-state index contributed by atoms with van der Waals surface area (Å²) in [5.41, 5.74) is 3.44. The van der Waals surface area contributed by atoms with Crippen LogP contribution in [0.5, 0.6) is 11.5 Å². The minimum absolute atomic E-state index is 0.147. The average Bonchev–Trinajstić information content (AvgIpc) is 3.08. The minimum atomic E-state index is -0.689. The van der Waals surface area contributed by atoms with E-state index in [0.717, 1.165) is 16.8 Å². The van der Waals surface area contributed by atoms with Crippen LogP contribution in [0.1, 0.15) is 12.5 Å². The molecule has 1 heterocycles. The van der Waals surface area contributed by atoms with Crippen molar-refractivity contribution in [3.8, 4) is 11.5 Å². The van der Waals surface area contributed by atoms with Gasteiger partial charge in [0.2, 0.25) is 0 Å². The Morgan fingerprint density at radius 2 is 1.94 bits per heavy atom. The van der Waals surface area contributed by atoms with E-state index in [1.807, 2.05) is 29.5 Å². The topological polar surface area (TPSA) is 106 Å². The van der Waals surface area contributed by atoms with Crippen molar-refractivity contribution in [1.29, 1.82) is 0 Å². The molecule has 14 heteroatoms. The van der Waals surface area contributed by atoms with Crippen LogP contribution >= 0.6 is 69.8 Å². The second kappa shape index (κ2) is 12.8. The lowest BCUT2D eigenvalue weighted by molar-refractivity contribution is -0.143. The van der Waals surface area contributed by atoms with Gasteiger partial charge >= 0.3 is 12.0 Å². The normalized spacial score (nSPS) is 14.1. The number of benzene rings is 2. The van der Waals surface area contributed by atoms with E-state index < -0.39 is 17.9 Å². The number of carbonyl (C=O) groups excluding carboxylic acids is 3. The van der Waals surface area contributed by atoms with Crippen molar-refractivity contribution in [3.63, 3.8) is 0 Å². The first-order chi connectivity index (χ1) is 17.1. The molecule has 0 atom stereocenters. The van der Waals surface area contributed by atoms with Gasteiger partial charge in [-0.25, -0.2) is 15.0 Å². The Morgan fingerprint density at radius 1 is 1.19 bits per heavy atom. The number of hydrogen-bond acceptors (Lipinski definition) is 8. The zero-order chi connectivity index (χ0) is 26.4. The average molecular weight is 682 g/mol. The molecule has 1 aliphatic heterocycles. The van der Waals surface area contributed by atoms with Crippen molar-refractivity contribution in [2.24, 2.45) is 0 Å². The lowest BCUT2D eigenvalue weighted by atomic mass is 10.2. The van der Waals surface area contributed by atoms with Gasteiger partial charge in [-0.3, -0.25) is 4.79 Å². The van der Waals surface area contributed by atoms with Gasteiger partial charge in [0, 0.05) is 5.69 Å². The number of nitrogens with zero attached hydrogens (tertiary/aromatic N) is 1. The molecule has 0 spiro atoms. The van der Waals surface area contributed by atoms with E-state index >= 15 is 0 Å². The molecule has 0 saturated carbocycles. The Hall–Kier alpha value is -2.26. The van der Waals surface area contributed by atoms with E-state index in [4.69, 9.17) is 44.9 Å². The van der Waals surface area contributed by atoms with Gasteiger partial charge in [0.15, 0.2) is 22.4 Å². The van der Waals surface area contributed by atoms with Crippen molar-refractivity contribution >= 4 is 104 Å². The van der Waals surface area contributed by atoms with E-state index in [0.29, 0.717) is 37.9 Å². The maximum Gasteiger partial charge on any atom is 0.343 e. The lowest BCUT2D eigenvalue weighted by Crippen LogP contribution is -2.46. The van der Waals surface area contributed by atoms with Gasteiger partial charge in [-0.1, -0.05) is 35.0 Å². The zero-order valence-electron chi connectivity index (χ0n) is 18.7. The number of anilines is 1. The summed E-state index contributed by atoms with van der Waals surface area (Å²) in [6, 6.07) is 7.32. The number of amides is 3. The quantitative estimate of drug-likeness (QED) is 0.163. The van der Waals surface area contributed by atoms with Crippen LogP contribution in [0.25, 0.3) is 6.08 Å². The number of rotatable bonds is 8. The largest absolute Gasteiger partial charge is 0.490 e. The standard InChI is InChI=1S/C22H18Cl2IN3O6S2/c1-3-33-16-7-11(6-15(25)19(16)34-10-18(29)32-2)8-17-20(30)28(22(35)36-17)27-21(31)26-12-4-5-13(23)14(24)9-12/h4-9H,3,10H2,1-2H3,(H2,26,27,31)/b17-8+. The third-order valence-electron chi connectivity index (χ3n) is 4.38. The highest BCUT2D eigenvalue weighted by molar-refractivity contribution is 14.1. The maximum absolute atomic E-state index is 12.9. The van der Waals surface area contributed by atoms with Crippen molar-refractivity contribution < 1.29 is 28.6 Å². The second-order valence-corrected chi connectivity index (χ2v) is 10.5. The Labute approximate surface area is 239 Å². The van der Waals surface area contributed by atoms with Crippen molar-refractivity contribution in [1.82, 2.24) is 10.4 Å². The molecular formula is C22H18Cl2IN3O6S2. The van der Waals surface area contributed by atoms with Gasteiger partial charge in [-0.05, 0) is 83.7 Å². The van der Waals surface area contributed by atoms with Crippen molar-refractivity contribution in [2.45, 2.75) is 6.92 Å². The highest BCUT2D eigenvalue weighted by Crippen LogP contribution is 2.37. The third kappa shape index (κ3) is 7.16. The molecule has 1 aliphatic rings. The Morgan fingerprint density at radius 3 is 2.61 bits per heavy atom. The van der Waals surface area contributed by atoms with Gasteiger partial charge in [0.25, 0.3) is 5.91 Å². The fourth-order valence-electron chi connectivity index (χ4n) is 2.81. The maximum atomic E-state index is 12.9. The summed E-state index contributed by atoms with van der Waals surface area (Å²) >= 11 is 20.2. The van der Waals surface area contributed by atoms with E-state index in [1.165, 1.54) is 19.2 Å². The Balaban J connectivity index is 1.76. The molecule has 0 aromatic heterocycles. The van der Waals surface area contributed by atoms with E-state index in [-0.39, 0.29) is 20.9 Å². The number of ether oxygens (including phenoxy) is 3. The Bertz CT molecular complexity index is 1260. The minimum Gasteiger partial charge on any atom is -0.490 e. The number of urea groups is 1. The first-order valence-electron chi connectivity index (χ1n) is 10.1. The third-order valence-corrected chi connectivity index (χ3v) is 7.22. The van der Waals surface area contributed by atoms with Gasteiger partial charge in [0.1, 0.15) is 0 Å². The van der Waals surface area contributed by atoms with Gasteiger partial charge in [-0.2, -0.15) is 5.01 Å². The van der Waals surface area contributed by atoms with Crippen molar-refractivity contribution in [2.75, 3.05) is 25.6 Å². The molecule has 1 fully saturated rings. The molecule has 0 aliphatic carbocycles. The van der Waals surface area contributed by atoms with E-state index in [1.54, 1.807) is 24.3 Å². The number of carbonyl (C=O) groups is 3. The fraction of sp³-hybridized carbons (Fsp3) is 0.182. The Kier molecular flexibility index (Phi) is 10.1. The molecule has 2 aromatic carbocycles. The molecule has 1 saturated heterocycles. The zero-order valence-corrected chi connectivity index (χ0v) is 24.0. The molecular weight excluding hydrogens is 664 g/mol. The molecule has 190 valence electrons. The number of thiocarbonyl (C=S) groups is 1. The van der Waals surface area contributed by atoms with Gasteiger partial charge in [-0.15, -0.1) is 0 Å². The molecule has 3 amide bonds. The number of halogens is 3. The number of hydrogen-bond donors (Lipinski definition) is 2. The predicted octanol–water partition coefficient (Wildman–Crippen LogP) is 5.49. The first kappa shape index (κ1) is 28.3. The summed E-state index contributed by atoms with van der Waals surface area (Å²) in [5, 5.41) is 4.15. The molecule has 0 unspecified atom stereocenters. The van der Waals surface area contributed by atoms with Crippen LogP contribution in [0.15, 0.2) is 35.2 Å². The molecule has 0 radical (unpaired) electrons. The summed E-state index contributed by atoms with van der Waals surface area (Å²) < 4.78 is 16.6. The second-order valence-electron chi connectivity index (χ2n) is 6.84. The van der Waals surface area contributed by atoms with Crippen LogP contribution in [0, 0.1) is 3.57 Å². The van der Waals surface area contributed by atoms with E-state index in [2.05, 4.69) is 15.5 Å². The van der Waals surface area contributed by atoms with Crippen LogP contribution in [0.4, 0.5) is 10.5 Å². The summed E-state index contributed by atoms with van der Waals surface area (Å²) in [6.45, 7) is 1.89. The first-order valence-corrected chi connectivity index (χ1v) is 13.2. The van der Waals surface area contributed by atoms with Crippen LogP contribution in [0.2, 0.25) is 10.0 Å². The van der Waals surface area contributed by atoms with Crippen molar-refractivity contribution in [3.05, 3.63) is 54.4 Å². The van der Waals surface area contributed by atoms with Gasteiger partial charge < -0.3 is 19.5 Å². The summed E-state index contributed by atoms with van der Waals surface area (Å²) in [4.78, 5) is 37.1. The lowest BCUT2D eigenvalue weighted by Gasteiger charge is -2.16. The highest BCUT2D eigenvalue weighted by atomic mass is 127. The molecule has 9 nitrogen and oxygen atoms in total. The predicted molar refractivity (Wildman–Crippen MR) is 151 cm³/mol. The van der Waals surface area contributed by atoms with Crippen LogP contribution in [-0.2, 0) is 14.3 Å². The molecule has 36 heavy (non-hydrogen) atoms. The fourth-order valence-corrected chi connectivity index (χ4v) is 5.07. The van der Waals surface area contributed by atoms with E-state index in [9.17, 15) is 14.4 Å². The van der Waals surface area contributed by atoms with Crippen LogP contribution in [-0.4, -0.2) is 47.6 Å².